The standard InChI is InChI=1S/C15H14N2O3S/c1-2-15(18)16-12-8-10-14(11-9-12)17(21(19)20)13-6-4-3-5-7-13/h2-11,21H,1H2,(H,16,18). The van der Waals surface area contributed by atoms with Crippen molar-refractivity contribution in [3.8, 4) is 0 Å². The Kier molecular flexibility index (Phi) is 4.73. The maximum atomic E-state index is 11.5. The number of hydrogen-bond acceptors (Lipinski definition) is 3. The van der Waals surface area contributed by atoms with Gasteiger partial charge in [-0.15, -0.1) is 0 Å². The van der Waals surface area contributed by atoms with Crippen LogP contribution in [0.3, 0.4) is 0 Å². The predicted octanol–water partition coefficient (Wildman–Crippen LogP) is 2.48. The number of nitrogens with one attached hydrogen (secondary N) is 1. The lowest BCUT2D eigenvalue weighted by molar-refractivity contribution is -0.111. The highest BCUT2D eigenvalue weighted by molar-refractivity contribution is 7.74. The van der Waals surface area contributed by atoms with Gasteiger partial charge in [-0.25, -0.2) is 12.7 Å². The van der Waals surface area contributed by atoms with Crippen LogP contribution in [-0.4, -0.2) is 14.3 Å². The minimum absolute atomic E-state index is 0.322. The molecule has 2 aromatic rings. The molecule has 0 atom stereocenters. The number of rotatable bonds is 5. The normalized spacial score (nSPS) is 10.1. The molecule has 0 radical (unpaired) electrons. The average molecular weight is 302 g/mol. The summed E-state index contributed by atoms with van der Waals surface area (Å²) in [5, 5.41) is 2.60. The van der Waals surface area contributed by atoms with Crippen molar-refractivity contribution in [1.29, 1.82) is 0 Å². The Hall–Kier alpha value is -2.60. The van der Waals surface area contributed by atoms with E-state index in [2.05, 4.69) is 11.9 Å². The first-order chi connectivity index (χ1) is 10.1. The lowest BCUT2D eigenvalue weighted by Crippen LogP contribution is -2.14. The summed E-state index contributed by atoms with van der Waals surface area (Å²) in [4.78, 5) is 11.2. The fourth-order valence-corrected chi connectivity index (χ4v) is 2.43. The fourth-order valence-electron chi connectivity index (χ4n) is 1.79. The van der Waals surface area contributed by atoms with Crippen molar-refractivity contribution in [2.24, 2.45) is 0 Å². The van der Waals surface area contributed by atoms with E-state index in [1.165, 1.54) is 10.4 Å². The van der Waals surface area contributed by atoms with Crippen molar-refractivity contribution in [2.45, 2.75) is 0 Å². The van der Waals surface area contributed by atoms with Crippen molar-refractivity contribution in [2.75, 3.05) is 9.62 Å². The van der Waals surface area contributed by atoms with Gasteiger partial charge < -0.3 is 5.32 Å². The largest absolute Gasteiger partial charge is 0.323 e. The monoisotopic (exact) mass is 302 g/mol. The summed E-state index contributed by atoms with van der Waals surface area (Å²) in [6.07, 6.45) is 1.17. The van der Waals surface area contributed by atoms with E-state index in [1.54, 1.807) is 48.5 Å². The van der Waals surface area contributed by atoms with E-state index in [0.29, 0.717) is 17.1 Å². The molecule has 0 saturated carbocycles. The molecule has 0 aliphatic rings. The van der Waals surface area contributed by atoms with Crippen LogP contribution < -0.4 is 9.62 Å². The van der Waals surface area contributed by atoms with Crippen LogP contribution in [0.1, 0.15) is 0 Å². The molecule has 0 unspecified atom stereocenters. The van der Waals surface area contributed by atoms with E-state index in [-0.39, 0.29) is 5.91 Å². The van der Waals surface area contributed by atoms with E-state index in [1.807, 2.05) is 6.07 Å². The molecule has 2 rings (SSSR count). The number of anilines is 3. The second kappa shape index (κ2) is 6.71. The van der Waals surface area contributed by atoms with Crippen LogP contribution in [0.15, 0.2) is 67.3 Å². The van der Waals surface area contributed by atoms with E-state index < -0.39 is 10.9 Å². The number of nitrogens with zero attached hydrogens (tertiary/aromatic N) is 1. The second-order valence-electron chi connectivity index (χ2n) is 4.13. The Labute approximate surface area is 124 Å². The highest BCUT2D eigenvalue weighted by Gasteiger charge is 2.11. The Morgan fingerprint density at radius 2 is 1.57 bits per heavy atom. The summed E-state index contributed by atoms with van der Waals surface area (Å²) in [7, 11) is -2.82. The number of thiol groups is 1. The third-order valence-corrected chi connectivity index (χ3v) is 3.52. The van der Waals surface area contributed by atoms with Crippen molar-refractivity contribution < 1.29 is 13.2 Å². The lowest BCUT2D eigenvalue weighted by Gasteiger charge is -2.18. The zero-order chi connectivity index (χ0) is 15.2. The second-order valence-corrected chi connectivity index (χ2v) is 5.00. The number of carbonyl (C=O) groups excluding carboxylic acids is 1. The van der Waals surface area contributed by atoms with Crippen LogP contribution in [0.5, 0.6) is 0 Å². The maximum Gasteiger partial charge on any atom is 0.247 e. The Morgan fingerprint density at radius 3 is 2.10 bits per heavy atom. The lowest BCUT2D eigenvalue weighted by atomic mass is 10.2. The summed E-state index contributed by atoms with van der Waals surface area (Å²) < 4.78 is 24.2. The number of benzene rings is 2. The molecule has 0 bridgehead atoms. The van der Waals surface area contributed by atoms with Gasteiger partial charge in [0.05, 0.1) is 11.4 Å². The van der Waals surface area contributed by atoms with Crippen LogP contribution >= 0.6 is 0 Å². The molecule has 0 saturated heterocycles. The topological polar surface area (TPSA) is 66.5 Å². The molecule has 0 fully saturated rings. The van der Waals surface area contributed by atoms with E-state index in [0.717, 1.165) is 0 Å². The smallest absolute Gasteiger partial charge is 0.247 e. The molecule has 1 amide bonds. The van der Waals surface area contributed by atoms with Gasteiger partial charge in [-0.3, -0.25) is 4.79 Å². The van der Waals surface area contributed by atoms with Crippen LogP contribution in [0, 0.1) is 0 Å². The molecule has 6 heteroatoms. The number of hydrogen-bond donors (Lipinski definition) is 2. The first kappa shape index (κ1) is 14.8. The Balaban J connectivity index is 2.30. The first-order valence-electron chi connectivity index (χ1n) is 6.15. The van der Waals surface area contributed by atoms with Crippen LogP contribution in [0.4, 0.5) is 17.1 Å². The van der Waals surface area contributed by atoms with E-state index in [4.69, 9.17) is 0 Å². The minimum Gasteiger partial charge on any atom is -0.323 e. The Morgan fingerprint density at radius 1 is 1.00 bits per heavy atom. The summed E-state index contributed by atoms with van der Waals surface area (Å²) >= 11 is 0. The van der Waals surface area contributed by atoms with Gasteiger partial charge in [0.1, 0.15) is 0 Å². The summed E-state index contributed by atoms with van der Waals surface area (Å²) in [5.74, 6) is -0.322. The molecule has 0 spiro atoms. The molecule has 1 N–H and O–H groups in total. The predicted molar refractivity (Wildman–Crippen MR) is 84.2 cm³/mol. The number of amides is 1. The molecular formula is C15H14N2O3S. The van der Waals surface area contributed by atoms with Crippen LogP contribution in [-0.2, 0) is 15.7 Å². The molecule has 21 heavy (non-hydrogen) atoms. The number of para-hydroxylation sites is 1. The SMILES string of the molecule is C=CC(=O)Nc1ccc(N(c2ccccc2)[SH](=O)=O)cc1. The first-order valence-corrected chi connectivity index (χ1v) is 7.28. The zero-order valence-corrected chi connectivity index (χ0v) is 12.0. The van der Waals surface area contributed by atoms with Gasteiger partial charge in [0.25, 0.3) is 0 Å². The summed E-state index contributed by atoms with van der Waals surface area (Å²) in [5.41, 5.74) is 1.61. The summed E-state index contributed by atoms with van der Waals surface area (Å²) in [6.45, 7) is 3.37. The third-order valence-electron chi connectivity index (χ3n) is 2.73. The third kappa shape index (κ3) is 3.70. The molecular weight excluding hydrogens is 288 g/mol. The molecule has 108 valence electrons. The highest BCUT2D eigenvalue weighted by Crippen LogP contribution is 2.26. The highest BCUT2D eigenvalue weighted by atomic mass is 32.2. The van der Waals surface area contributed by atoms with Gasteiger partial charge in [0.2, 0.25) is 16.8 Å². The van der Waals surface area contributed by atoms with Crippen molar-refractivity contribution >= 4 is 33.9 Å². The molecule has 0 heterocycles. The van der Waals surface area contributed by atoms with Gasteiger partial charge in [-0.1, -0.05) is 24.8 Å². The van der Waals surface area contributed by atoms with Crippen LogP contribution in [0.2, 0.25) is 0 Å². The quantitative estimate of drug-likeness (QED) is 0.658. The minimum atomic E-state index is -2.82. The molecule has 0 aliphatic carbocycles. The van der Waals surface area contributed by atoms with Crippen molar-refractivity contribution in [3.05, 3.63) is 67.3 Å². The maximum absolute atomic E-state index is 11.5. The zero-order valence-electron chi connectivity index (χ0n) is 11.1. The van der Waals surface area contributed by atoms with Gasteiger partial charge in [0, 0.05) is 5.69 Å². The van der Waals surface area contributed by atoms with E-state index >= 15 is 0 Å². The van der Waals surface area contributed by atoms with Crippen molar-refractivity contribution in [3.63, 3.8) is 0 Å². The van der Waals surface area contributed by atoms with Gasteiger partial charge in [-0.2, -0.15) is 0 Å². The van der Waals surface area contributed by atoms with Gasteiger partial charge in [0.15, 0.2) is 0 Å². The molecule has 2 aromatic carbocycles. The van der Waals surface area contributed by atoms with Gasteiger partial charge >= 0.3 is 0 Å². The fraction of sp³-hybridized carbons (Fsp3) is 0. The molecule has 0 aromatic heterocycles. The molecule has 5 nitrogen and oxygen atoms in total. The molecule has 0 aliphatic heterocycles. The Bertz CT molecular complexity index is 701. The van der Waals surface area contributed by atoms with Crippen molar-refractivity contribution in [1.82, 2.24) is 0 Å². The van der Waals surface area contributed by atoms with E-state index in [9.17, 15) is 13.2 Å². The average Bonchev–Trinajstić information content (AvgIpc) is 2.50. The van der Waals surface area contributed by atoms with Gasteiger partial charge in [-0.05, 0) is 42.5 Å². The number of carbonyl (C=O) groups is 1. The summed E-state index contributed by atoms with van der Waals surface area (Å²) in [6, 6.07) is 15.3. The van der Waals surface area contributed by atoms with Crippen LogP contribution in [0.25, 0.3) is 0 Å².